The molecular formula is C27H36Cl2N4. The van der Waals surface area contributed by atoms with Crippen molar-refractivity contribution < 1.29 is 0 Å². The van der Waals surface area contributed by atoms with E-state index in [1.54, 1.807) is 0 Å². The number of hydrogen-bond donors (Lipinski definition) is 1. The van der Waals surface area contributed by atoms with Gasteiger partial charge in [0, 0.05) is 44.6 Å². The van der Waals surface area contributed by atoms with Crippen LogP contribution in [0.15, 0.2) is 66.9 Å². The Hall–Kier alpha value is -2.27. The summed E-state index contributed by atoms with van der Waals surface area (Å²) >= 11 is 0. The summed E-state index contributed by atoms with van der Waals surface area (Å²) in [6, 6.07) is 21.3. The van der Waals surface area contributed by atoms with E-state index in [0.29, 0.717) is 0 Å². The molecule has 2 heterocycles. The first-order valence-electron chi connectivity index (χ1n) is 11.5. The molecule has 178 valence electrons. The molecule has 0 atom stereocenters. The van der Waals surface area contributed by atoms with Crippen LogP contribution in [0.3, 0.4) is 0 Å². The Labute approximate surface area is 211 Å². The molecule has 0 spiro atoms. The van der Waals surface area contributed by atoms with Crippen molar-refractivity contribution in [2.24, 2.45) is 0 Å². The second-order valence-corrected chi connectivity index (χ2v) is 8.48. The molecule has 1 aliphatic heterocycles. The normalized spacial score (nSPS) is 13.7. The predicted molar refractivity (Wildman–Crippen MR) is 146 cm³/mol. The number of piperazine rings is 1. The molecule has 1 saturated heterocycles. The van der Waals surface area contributed by atoms with E-state index < -0.39 is 0 Å². The van der Waals surface area contributed by atoms with Gasteiger partial charge >= 0.3 is 0 Å². The largest absolute Gasteiger partial charge is 0.370 e. The van der Waals surface area contributed by atoms with Gasteiger partial charge < -0.3 is 10.2 Å². The lowest BCUT2D eigenvalue weighted by molar-refractivity contribution is 0.253. The fraction of sp³-hybridized carbons (Fsp3) is 0.370. The minimum Gasteiger partial charge on any atom is -0.370 e. The van der Waals surface area contributed by atoms with Crippen molar-refractivity contribution in [1.82, 2.24) is 9.88 Å². The molecule has 2 aromatic carbocycles. The Morgan fingerprint density at radius 2 is 1.58 bits per heavy atom. The number of aryl methyl sites for hydroxylation is 1. The van der Waals surface area contributed by atoms with E-state index in [1.807, 2.05) is 12.3 Å². The van der Waals surface area contributed by atoms with Gasteiger partial charge in [-0.1, -0.05) is 42.5 Å². The quantitative estimate of drug-likeness (QED) is 0.382. The zero-order valence-corrected chi connectivity index (χ0v) is 21.3. The van der Waals surface area contributed by atoms with Crippen LogP contribution in [0.25, 0.3) is 11.1 Å². The summed E-state index contributed by atoms with van der Waals surface area (Å²) in [7, 11) is 0. The van der Waals surface area contributed by atoms with E-state index in [4.69, 9.17) is 0 Å². The zero-order valence-electron chi connectivity index (χ0n) is 19.7. The average Bonchev–Trinajstić information content (AvgIpc) is 2.82. The lowest BCUT2D eigenvalue weighted by Gasteiger charge is -2.37. The number of aromatic nitrogens is 1. The zero-order chi connectivity index (χ0) is 21.5. The number of benzene rings is 2. The van der Waals surface area contributed by atoms with E-state index in [2.05, 4.69) is 88.5 Å². The molecule has 0 saturated carbocycles. The van der Waals surface area contributed by atoms with Crippen LogP contribution in [0.1, 0.15) is 24.0 Å². The third kappa shape index (κ3) is 7.36. The number of unbranched alkanes of at least 4 members (excludes halogenated alkanes) is 1. The van der Waals surface area contributed by atoms with Gasteiger partial charge in [-0.05, 0) is 73.7 Å². The topological polar surface area (TPSA) is 31.4 Å². The van der Waals surface area contributed by atoms with Gasteiger partial charge in [-0.15, -0.1) is 24.8 Å². The summed E-state index contributed by atoms with van der Waals surface area (Å²) in [6.45, 7) is 11.2. The second-order valence-electron chi connectivity index (χ2n) is 8.48. The molecule has 0 unspecified atom stereocenters. The first-order valence-corrected chi connectivity index (χ1v) is 11.5. The van der Waals surface area contributed by atoms with Gasteiger partial charge in [0.25, 0.3) is 0 Å². The number of pyridine rings is 1. The van der Waals surface area contributed by atoms with Gasteiger partial charge in [-0.25, -0.2) is 4.98 Å². The highest BCUT2D eigenvalue weighted by molar-refractivity contribution is 5.85. The molecule has 6 heteroatoms. The van der Waals surface area contributed by atoms with Gasteiger partial charge in [0.2, 0.25) is 0 Å². The highest BCUT2D eigenvalue weighted by Crippen LogP contribution is 2.24. The van der Waals surface area contributed by atoms with Crippen molar-refractivity contribution in [1.29, 1.82) is 0 Å². The van der Waals surface area contributed by atoms with Crippen molar-refractivity contribution in [2.75, 3.05) is 49.5 Å². The smallest absolute Gasteiger partial charge is 0.126 e. The predicted octanol–water partition coefficient (Wildman–Crippen LogP) is 6.22. The Morgan fingerprint density at radius 1 is 0.818 bits per heavy atom. The molecule has 4 nitrogen and oxygen atoms in total. The van der Waals surface area contributed by atoms with Crippen molar-refractivity contribution in [2.45, 2.75) is 26.7 Å². The highest BCUT2D eigenvalue weighted by atomic mass is 35.5. The molecule has 0 bridgehead atoms. The molecule has 1 N–H and O–H groups in total. The van der Waals surface area contributed by atoms with Gasteiger partial charge in [-0.2, -0.15) is 0 Å². The van der Waals surface area contributed by atoms with Crippen molar-refractivity contribution >= 4 is 36.3 Å². The fourth-order valence-electron chi connectivity index (χ4n) is 4.30. The average molecular weight is 488 g/mol. The Bertz CT molecular complexity index is 973. The van der Waals surface area contributed by atoms with Crippen molar-refractivity contribution in [3.05, 3.63) is 78.0 Å². The standard InChI is InChI=1S/C27H34N4.2ClH/c1-22-9-8-12-26(23(22)2)31-19-17-30(18-20-31)16-7-6-14-28-27-21-25(13-15-29-27)24-10-4-3-5-11-24;;/h3-5,8-13,15,21H,6-7,14,16-20H2,1-2H3,(H,28,29);2*1H. The van der Waals surface area contributed by atoms with Crippen LogP contribution in [0, 0.1) is 13.8 Å². The van der Waals surface area contributed by atoms with Gasteiger partial charge in [-0.3, -0.25) is 4.90 Å². The van der Waals surface area contributed by atoms with Crippen LogP contribution in [0.4, 0.5) is 11.5 Å². The van der Waals surface area contributed by atoms with Gasteiger partial charge in [0.1, 0.15) is 5.82 Å². The number of hydrogen-bond acceptors (Lipinski definition) is 4. The maximum absolute atomic E-state index is 4.48. The van der Waals surface area contributed by atoms with E-state index in [0.717, 1.165) is 45.0 Å². The van der Waals surface area contributed by atoms with E-state index in [1.165, 1.54) is 40.9 Å². The molecule has 4 rings (SSSR count). The number of nitrogens with one attached hydrogen (secondary N) is 1. The number of nitrogens with zero attached hydrogens (tertiary/aromatic N) is 3. The fourth-order valence-corrected chi connectivity index (χ4v) is 4.30. The molecule has 1 aromatic heterocycles. The third-order valence-electron chi connectivity index (χ3n) is 6.36. The first kappa shape index (κ1) is 27.0. The van der Waals surface area contributed by atoms with Gasteiger partial charge in [0.15, 0.2) is 0 Å². The maximum atomic E-state index is 4.48. The molecule has 0 aliphatic carbocycles. The number of rotatable bonds is 8. The lowest BCUT2D eigenvalue weighted by Crippen LogP contribution is -2.46. The Kier molecular flexibility index (Phi) is 11.0. The van der Waals surface area contributed by atoms with Crippen LogP contribution in [-0.4, -0.2) is 49.2 Å². The Morgan fingerprint density at radius 3 is 2.33 bits per heavy atom. The number of halogens is 2. The molecular weight excluding hydrogens is 451 g/mol. The summed E-state index contributed by atoms with van der Waals surface area (Å²) in [6.07, 6.45) is 4.27. The van der Waals surface area contributed by atoms with Crippen LogP contribution in [0.5, 0.6) is 0 Å². The lowest BCUT2D eigenvalue weighted by atomic mass is 10.1. The molecule has 0 radical (unpaired) electrons. The van der Waals surface area contributed by atoms with E-state index in [9.17, 15) is 0 Å². The minimum atomic E-state index is 0. The van der Waals surface area contributed by atoms with Crippen molar-refractivity contribution in [3.63, 3.8) is 0 Å². The van der Waals surface area contributed by atoms with Crippen LogP contribution in [0.2, 0.25) is 0 Å². The van der Waals surface area contributed by atoms with Crippen LogP contribution in [-0.2, 0) is 0 Å². The molecule has 0 amide bonds. The Balaban J connectivity index is 0.00000193. The minimum absolute atomic E-state index is 0. The summed E-state index contributed by atoms with van der Waals surface area (Å²) in [5.74, 6) is 0.962. The number of anilines is 2. The second kappa shape index (κ2) is 13.4. The summed E-state index contributed by atoms with van der Waals surface area (Å²) < 4.78 is 0. The monoisotopic (exact) mass is 486 g/mol. The highest BCUT2D eigenvalue weighted by Gasteiger charge is 2.18. The van der Waals surface area contributed by atoms with E-state index in [-0.39, 0.29) is 24.8 Å². The van der Waals surface area contributed by atoms with E-state index >= 15 is 0 Å². The van der Waals surface area contributed by atoms with Crippen LogP contribution >= 0.6 is 24.8 Å². The molecule has 33 heavy (non-hydrogen) atoms. The molecule has 1 fully saturated rings. The molecule has 1 aliphatic rings. The summed E-state index contributed by atoms with van der Waals surface area (Å²) in [4.78, 5) is 9.63. The molecule has 3 aromatic rings. The SMILES string of the molecule is Cc1cccc(N2CCN(CCCCNc3cc(-c4ccccc4)ccn3)CC2)c1C.Cl.Cl. The van der Waals surface area contributed by atoms with Crippen molar-refractivity contribution in [3.8, 4) is 11.1 Å². The summed E-state index contributed by atoms with van der Waals surface area (Å²) in [5, 5.41) is 3.49. The summed E-state index contributed by atoms with van der Waals surface area (Å²) in [5.41, 5.74) is 6.66. The third-order valence-corrected chi connectivity index (χ3v) is 6.36. The first-order chi connectivity index (χ1) is 15.2. The van der Waals surface area contributed by atoms with Crippen LogP contribution < -0.4 is 10.2 Å². The maximum Gasteiger partial charge on any atom is 0.126 e. The van der Waals surface area contributed by atoms with Gasteiger partial charge in [0.05, 0.1) is 0 Å².